The molecule has 37 heavy (non-hydrogen) atoms. The summed E-state index contributed by atoms with van der Waals surface area (Å²) in [6.07, 6.45) is -4.98. The highest BCUT2D eigenvalue weighted by molar-refractivity contribution is 7.52. The van der Waals surface area contributed by atoms with E-state index in [1.807, 2.05) is 0 Å². The van der Waals surface area contributed by atoms with Crippen LogP contribution in [0.1, 0.15) is 18.7 Å². The van der Waals surface area contributed by atoms with Gasteiger partial charge in [-0.15, -0.1) is 0 Å². The topological polar surface area (TPSA) is 262 Å². The summed E-state index contributed by atoms with van der Waals surface area (Å²) in [6, 6.07) is 6.69. The van der Waals surface area contributed by atoms with Crippen molar-refractivity contribution in [2.24, 2.45) is 5.11 Å². The Morgan fingerprint density at radius 3 is 2.76 bits per heavy atom. The lowest BCUT2D eigenvalue weighted by Gasteiger charge is -2.29. The van der Waals surface area contributed by atoms with Crippen molar-refractivity contribution >= 4 is 13.7 Å². The van der Waals surface area contributed by atoms with Crippen LogP contribution in [0.3, 0.4) is 0 Å². The van der Waals surface area contributed by atoms with Gasteiger partial charge in [-0.05, 0) is 24.6 Å². The first-order valence-corrected chi connectivity index (χ1v) is 11.9. The maximum absolute atomic E-state index is 13.5. The number of H-pyrrole nitrogens is 1. The molecule has 1 aromatic heterocycles. The SMILES string of the molecule is C[C@H](NP(=O)(OC[C@@]1(N=[N+]=[N-])O[C@@H](n2c(=O)cc[nH]c2=O)[C@H](O)[C@@H]1O)Oc1ccccc1C#N)C(=O)O. The normalized spacial score (nSPS) is 25.3. The third-order valence-corrected chi connectivity index (χ3v) is 6.76. The van der Waals surface area contributed by atoms with E-state index >= 15 is 0 Å². The van der Waals surface area contributed by atoms with Gasteiger partial charge in [0.25, 0.3) is 5.56 Å². The van der Waals surface area contributed by atoms with Gasteiger partial charge in [-0.3, -0.25) is 14.1 Å². The van der Waals surface area contributed by atoms with Crippen molar-refractivity contribution in [3.05, 3.63) is 73.4 Å². The summed E-state index contributed by atoms with van der Waals surface area (Å²) in [5.41, 5.74) is 4.46. The third-order valence-electron chi connectivity index (χ3n) is 5.15. The fourth-order valence-electron chi connectivity index (χ4n) is 3.29. The molecule has 0 amide bonds. The van der Waals surface area contributed by atoms with Crippen LogP contribution in [-0.4, -0.2) is 61.4 Å². The van der Waals surface area contributed by atoms with E-state index in [9.17, 15) is 39.5 Å². The van der Waals surface area contributed by atoms with Gasteiger partial charge in [-0.1, -0.05) is 17.2 Å². The first-order chi connectivity index (χ1) is 17.5. The van der Waals surface area contributed by atoms with Gasteiger partial charge in [-0.2, -0.15) is 10.3 Å². The van der Waals surface area contributed by atoms with Crippen molar-refractivity contribution in [3.8, 4) is 11.8 Å². The lowest BCUT2D eigenvalue weighted by molar-refractivity contribution is -0.138. The van der Waals surface area contributed by atoms with Gasteiger partial charge in [0.2, 0.25) is 5.72 Å². The second kappa shape index (κ2) is 10.9. The minimum atomic E-state index is -4.74. The molecule has 0 radical (unpaired) electrons. The molecule has 3 rings (SSSR count). The number of rotatable bonds is 10. The first kappa shape index (κ1) is 27.6. The lowest BCUT2D eigenvalue weighted by Crippen LogP contribution is -2.45. The number of ether oxygens (including phenoxy) is 1. The number of nitrogens with zero attached hydrogens (tertiary/aromatic N) is 5. The van der Waals surface area contributed by atoms with Crippen LogP contribution in [0, 0.1) is 11.3 Å². The molecule has 1 saturated heterocycles. The molecule has 0 aliphatic carbocycles. The van der Waals surface area contributed by atoms with Gasteiger partial charge >= 0.3 is 19.4 Å². The number of para-hydroxylation sites is 1. The summed E-state index contributed by atoms with van der Waals surface area (Å²) in [5.74, 6) is -1.72. The molecule has 0 bridgehead atoms. The van der Waals surface area contributed by atoms with E-state index in [4.69, 9.17) is 19.3 Å². The molecule has 0 spiro atoms. The number of carbonyl (C=O) groups is 1. The largest absolute Gasteiger partial charge is 0.480 e. The van der Waals surface area contributed by atoms with Crippen LogP contribution in [0.15, 0.2) is 51.2 Å². The van der Waals surface area contributed by atoms with Crippen LogP contribution in [0.5, 0.6) is 5.75 Å². The number of carboxylic acid groups (broad SMARTS) is 1. The molecular weight excluding hydrogens is 517 g/mol. The van der Waals surface area contributed by atoms with E-state index in [1.165, 1.54) is 24.3 Å². The quantitative estimate of drug-likeness (QED) is 0.115. The molecule has 2 aromatic rings. The third kappa shape index (κ3) is 5.71. The lowest BCUT2D eigenvalue weighted by atomic mass is 10.1. The second-order valence-electron chi connectivity index (χ2n) is 7.63. The minimum Gasteiger partial charge on any atom is -0.480 e. The molecule has 5 N–H and O–H groups in total. The van der Waals surface area contributed by atoms with Crippen molar-refractivity contribution < 1.29 is 38.5 Å². The zero-order valence-electron chi connectivity index (χ0n) is 18.9. The highest BCUT2D eigenvalue weighted by atomic mass is 31.2. The molecule has 196 valence electrons. The zero-order chi connectivity index (χ0) is 27.4. The van der Waals surface area contributed by atoms with Crippen LogP contribution < -0.4 is 20.9 Å². The van der Waals surface area contributed by atoms with Gasteiger partial charge in [0.05, 0.1) is 12.2 Å². The standard InChI is InChI=1S/C19H20N7O10P/c1-10(17(30)31)23-37(33,36-12-5-3-2-4-11(12)8-20)34-9-19(24-25-21)15(29)14(28)16(35-19)26-13(27)6-7-22-18(26)32/h2-7,10,14-16,28-29H,9H2,1H3,(H,22,32)(H,23,33)(H,30,31)/t10-,14+,15-,16+,19+,37?/m0/s1. The molecule has 1 unspecified atom stereocenters. The Balaban J connectivity index is 1.98. The van der Waals surface area contributed by atoms with Crippen LogP contribution in [0.25, 0.3) is 10.4 Å². The molecule has 18 heteroatoms. The highest BCUT2D eigenvalue weighted by Crippen LogP contribution is 2.48. The molecule has 2 heterocycles. The van der Waals surface area contributed by atoms with E-state index < -0.39 is 61.8 Å². The Kier molecular flexibility index (Phi) is 8.16. The summed E-state index contributed by atoms with van der Waals surface area (Å²) < 4.78 is 30.0. The molecular formula is C19H20N7O10P. The van der Waals surface area contributed by atoms with Crippen LogP contribution in [-0.2, 0) is 18.6 Å². The number of nitrogens with one attached hydrogen (secondary N) is 2. The summed E-state index contributed by atoms with van der Waals surface area (Å²) in [5, 5.41) is 45.1. The molecule has 1 aliphatic rings. The van der Waals surface area contributed by atoms with E-state index in [0.29, 0.717) is 4.57 Å². The highest BCUT2D eigenvalue weighted by Gasteiger charge is 2.57. The number of aliphatic carboxylic acids is 1. The summed E-state index contributed by atoms with van der Waals surface area (Å²) >= 11 is 0. The molecule has 0 saturated carbocycles. The summed E-state index contributed by atoms with van der Waals surface area (Å²) in [6.45, 7) is -0.0213. The van der Waals surface area contributed by atoms with Gasteiger partial charge in [-0.25, -0.2) is 13.9 Å². The van der Waals surface area contributed by atoms with Gasteiger partial charge in [0, 0.05) is 17.2 Å². The van der Waals surface area contributed by atoms with Gasteiger partial charge in [0.1, 0.15) is 30.1 Å². The fourth-order valence-corrected chi connectivity index (χ4v) is 4.82. The van der Waals surface area contributed by atoms with Crippen molar-refractivity contribution in [3.63, 3.8) is 0 Å². The van der Waals surface area contributed by atoms with Crippen LogP contribution in [0.4, 0.5) is 0 Å². The number of aromatic amines is 1. The average molecular weight is 537 g/mol. The second-order valence-corrected chi connectivity index (χ2v) is 9.32. The van der Waals surface area contributed by atoms with Crippen LogP contribution >= 0.6 is 7.75 Å². The van der Waals surface area contributed by atoms with Crippen molar-refractivity contribution in [2.45, 2.75) is 37.1 Å². The summed E-state index contributed by atoms with van der Waals surface area (Å²) in [4.78, 5) is 40.4. The Morgan fingerprint density at radius 1 is 1.43 bits per heavy atom. The van der Waals surface area contributed by atoms with Gasteiger partial charge in [0.15, 0.2) is 6.23 Å². The summed E-state index contributed by atoms with van der Waals surface area (Å²) in [7, 11) is -4.74. The van der Waals surface area contributed by atoms with E-state index in [2.05, 4.69) is 20.1 Å². The number of hydrogen-bond donors (Lipinski definition) is 5. The number of hydrogen-bond acceptors (Lipinski definition) is 11. The Bertz CT molecular complexity index is 1400. The number of nitriles is 1. The molecule has 17 nitrogen and oxygen atoms in total. The van der Waals surface area contributed by atoms with Crippen molar-refractivity contribution in [2.75, 3.05) is 6.61 Å². The number of aromatic nitrogens is 2. The average Bonchev–Trinajstić information content (AvgIpc) is 3.08. The predicted molar refractivity (Wildman–Crippen MR) is 121 cm³/mol. The Labute approximate surface area is 206 Å². The number of aliphatic hydroxyl groups excluding tert-OH is 2. The van der Waals surface area contributed by atoms with E-state index in [-0.39, 0.29) is 11.3 Å². The smallest absolute Gasteiger partial charge is 0.459 e. The van der Waals surface area contributed by atoms with Crippen LogP contribution in [0.2, 0.25) is 0 Å². The number of carboxylic acids is 1. The minimum absolute atomic E-state index is 0.0869. The van der Waals surface area contributed by atoms with Gasteiger partial charge < -0.3 is 29.6 Å². The van der Waals surface area contributed by atoms with Crippen molar-refractivity contribution in [1.29, 1.82) is 5.26 Å². The maximum Gasteiger partial charge on any atom is 0.459 e. The van der Waals surface area contributed by atoms with Crippen molar-refractivity contribution in [1.82, 2.24) is 14.6 Å². The van der Waals surface area contributed by atoms with E-state index in [1.54, 1.807) is 6.07 Å². The predicted octanol–water partition coefficient (Wildman–Crippen LogP) is -0.0681. The zero-order valence-corrected chi connectivity index (χ0v) is 19.8. The number of benzene rings is 1. The van der Waals surface area contributed by atoms with E-state index in [0.717, 1.165) is 19.2 Å². The molecule has 1 fully saturated rings. The monoisotopic (exact) mass is 537 g/mol. The molecule has 6 atom stereocenters. The molecule has 1 aliphatic heterocycles. The number of azide groups is 1. The fraction of sp³-hybridized carbons (Fsp3) is 0.368. The number of aliphatic hydroxyl groups is 2. The molecule has 1 aromatic carbocycles. The first-order valence-electron chi connectivity index (χ1n) is 10.3. The Hall–Kier alpha value is -4.00. The maximum atomic E-state index is 13.5. The Morgan fingerprint density at radius 2 is 2.14 bits per heavy atom.